The average Bonchev–Trinajstić information content (AvgIpc) is 2.61. The van der Waals surface area contributed by atoms with Gasteiger partial charge in [-0.05, 0) is 60.4 Å². The van der Waals surface area contributed by atoms with E-state index in [1.165, 1.54) is 0 Å². The normalized spacial score (nSPS) is 11.4. The van der Waals surface area contributed by atoms with Gasteiger partial charge in [-0.1, -0.05) is 46.9 Å². The van der Waals surface area contributed by atoms with E-state index in [4.69, 9.17) is 54.5 Å². The van der Waals surface area contributed by atoms with Crippen molar-refractivity contribution < 1.29 is 29.3 Å². The molecule has 156 valence electrons. The summed E-state index contributed by atoms with van der Waals surface area (Å²) in [5, 5.41) is 17.7. The summed E-state index contributed by atoms with van der Waals surface area (Å²) in [4.78, 5) is 21.6. The van der Waals surface area contributed by atoms with Crippen molar-refractivity contribution in [1.82, 2.24) is 0 Å². The zero-order chi connectivity index (χ0) is 21.8. The third-order valence-corrected chi connectivity index (χ3v) is 4.83. The van der Waals surface area contributed by atoms with Gasteiger partial charge in [-0.25, -0.2) is 9.59 Å². The Bertz CT molecular complexity index is 840. The number of carboxylic acids is 2. The number of hydrogen-bond donors (Lipinski definition) is 2. The lowest BCUT2D eigenvalue weighted by molar-refractivity contribution is -0.140. The minimum atomic E-state index is -1.76. The first-order valence-electron chi connectivity index (χ1n) is 8.46. The highest BCUT2D eigenvalue weighted by Gasteiger charge is 2.37. The quantitative estimate of drug-likeness (QED) is 0.552. The largest absolute Gasteiger partial charge is 0.482 e. The Morgan fingerprint density at radius 3 is 1.55 bits per heavy atom. The minimum absolute atomic E-state index is 0.322. The third-order valence-electron chi connectivity index (χ3n) is 4.18. The first-order valence-corrected chi connectivity index (χ1v) is 9.59. The zero-order valence-corrected chi connectivity index (χ0v) is 17.9. The van der Waals surface area contributed by atoms with Crippen LogP contribution in [0, 0.1) is 13.8 Å². The number of halogens is 3. The molecule has 0 saturated heterocycles. The molecule has 0 heterocycles. The molecular weight excluding hydrogens is 443 g/mol. The number of carbonyl (C=O) groups is 2. The molecule has 0 aliphatic rings. The third kappa shape index (κ3) is 6.42. The molecule has 0 aliphatic carbocycles. The molecule has 29 heavy (non-hydrogen) atoms. The second kappa shape index (κ2) is 9.57. The maximum absolute atomic E-state index is 10.8. The number of benzene rings is 2. The number of carboxylic acid groups (broad SMARTS) is 2. The molecule has 0 spiro atoms. The minimum Gasteiger partial charge on any atom is -0.482 e. The van der Waals surface area contributed by atoms with E-state index in [0.717, 1.165) is 11.1 Å². The first-order chi connectivity index (χ1) is 13.5. The number of aliphatic carboxylic acids is 2. The van der Waals surface area contributed by atoms with E-state index in [1.807, 2.05) is 13.8 Å². The Kier molecular flexibility index (Phi) is 7.63. The number of alkyl halides is 3. The molecule has 0 bridgehead atoms. The molecule has 0 amide bonds. The molecule has 0 unspecified atom stereocenters. The summed E-state index contributed by atoms with van der Waals surface area (Å²) in [7, 11) is 0. The fourth-order valence-electron chi connectivity index (χ4n) is 2.85. The SMILES string of the molecule is Cc1ccc(OCC(=O)O)cc1C(c1cc(OCC(=O)O)ccc1C)C(Cl)(Cl)Cl. The second-order valence-electron chi connectivity index (χ2n) is 6.38. The number of aryl methyl sites for hydroxylation is 2. The topological polar surface area (TPSA) is 93.1 Å². The fourth-order valence-corrected chi connectivity index (χ4v) is 3.55. The average molecular weight is 462 g/mol. The van der Waals surface area contributed by atoms with Crippen molar-refractivity contribution in [1.29, 1.82) is 0 Å². The van der Waals surface area contributed by atoms with Gasteiger partial charge < -0.3 is 19.7 Å². The molecule has 2 N–H and O–H groups in total. The maximum Gasteiger partial charge on any atom is 0.341 e. The molecule has 0 saturated carbocycles. The maximum atomic E-state index is 10.8. The predicted molar refractivity (Wildman–Crippen MR) is 111 cm³/mol. The van der Waals surface area contributed by atoms with Gasteiger partial charge in [0.15, 0.2) is 13.2 Å². The Morgan fingerprint density at radius 1 is 0.862 bits per heavy atom. The molecule has 2 rings (SSSR count). The summed E-state index contributed by atoms with van der Waals surface area (Å²) < 4.78 is 8.77. The lowest BCUT2D eigenvalue weighted by atomic mass is 9.87. The van der Waals surface area contributed by atoms with Crippen LogP contribution in [0.5, 0.6) is 11.5 Å². The van der Waals surface area contributed by atoms with Crippen LogP contribution in [0.1, 0.15) is 28.2 Å². The van der Waals surface area contributed by atoms with E-state index in [2.05, 4.69) is 0 Å². The highest BCUT2D eigenvalue weighted by Crippen LogP contribution is 2.48. The molecular formula is C20H19Cl3O6. The molecule has 2 aromatic rings. The Morgan fingerprint density at radius 2 is 1.24 bits per heavy atom. The highest BCUT2D eigenvalue weighted by atomic mass is 35.6. The van der Waals surface area contributed by atoms with Crippen LogP contribution in [0.3, 0.4) is 0 Å². The van der Waals surface area contributed by atoms with Crippen LogP contribution in [0.4, 0.5) is 0 Å². The van der Waals surface area contributed by atoms with E-state index < -0.39 is 34.9 Å². The molecule has 0 atom stereocenters. The van der Waals surface area contributed by atoms with Crippen LogP contribution < -0.4 is 9.47 Å². The van der Waals surface area contributed by atoms with Crippen molar-refractivity contribution in [3.05, 3.63) is 58.7 Å². The van der Waals surface area contributed by atoms with Gasteiger partial charge in [0.25, 0.3) is 0 Å². The summed E-state index contributed by atoms with van der Waals surface area (Å²) in [5.41, 5.74) is 2.87. The van der Waals surface area contributed by atoms with Crippen LogP contribution in [-0.2, 0) is 9.59 Å². The van der Waals surface area contributed by atoms with Gasteiger partial charge in [-0.3, -0.25) is 0 Å². The van der Waals surface area contributed by atoms with E-state index in [1.54, 1.807) is 36.4 Å². The van der Waals surface area contributed by atoms with Crippen molar-refractivity contribution in [3.63, 3.8) is 0 Å². The van der Waals surface area contributed by atoms with Crippen LogP contribution in [0.2, 0.25) is 0 Å². The van der Waals surface area contributed by atoms with Gasteiger partial charge in [-0.15, -0.1) is 0 Å². The predicted octanol–water partition coefficient (Wildman–Crippen LogP) is 4.73. The summed E-state index contributed by atoms with van der Waals surface area (Å²) in [5.74, 6) is -2.31. The smallest absolute Gasteiger partial charge is 0.341 e. The van der Waals surface area contributed by atoms with Crippen molar-refractivity contribution in [2.45, 2.75) is 23.6 Å². The number of rotatable bonds is 8. The van der Waals surface area contributed by atoms with Crippen LogP contribution >= 0.6 is 34.8 Å². The van der Waals surface area contributed by atoms with Crippen molar-refractivity contribution >= 4 is 46.7 Å². The number of hydrogen-bond acceptors (Lipinski definition) is 4. The molecule has 0 aromatic heterocycles. The number of ether oxygens (including phenoxy) is 2. The van der Waals surface area contributed by atoms with Gasteiger partial charge in [0.2, 0.25) is 3.79 Å². The first kappa shape index (κ1) is 23.1. The van der Waals surface area contributed by atoms with Crippen molar-refractivity contribution in [2.75, 3.05) is 13.2 Å². The lowest BCUT2D eigenvalue weighted by Gasteiger charge is -2.29. The lowest BCUT2D eigenvalue weighted by Crippen LogP contribution is -2.21. The fraction of sp³-hybridized carbons (Fsp3) is 0.300. The van der Waals surface area contributed by atoms with E-state index in [-0.39, 0.29) is 0 Å². The van der Waals surface area contributed by atoms with E-state index in [0.29, 0.717) is 22.6 Å². The van der Waals surface area contributed by atoms with Gasteiger partial charge >= 0.3 is 11.9 Å². The molecule has 9 heteroatoms. The van der Waals surface area contributed by atoms with Crippen LogP contribution in [-0.4, -0.2) is 39.2 Å². The Balaban J connectivity index is 2.53. The molecule has 6 nitrogen and oxygen atoms in total. The van der Waals surface area contributed by atoms with Crippen molar-refractivity contribution in [3.8, 4) is 11.5 Å². The van der Waals surface area contributed by atoms with Crippen molar-refractivity contribution in [2.24, 2.45) is 0 Å². The van der Waals surface area contributed by atoms with Gasteiger partial charge in [-0.2, -0.15) is 0 Å². The molecule has 2 aromatic carbocycles. The van der Waals surface area contributed by atoms with Gasteiger partial charge in [0.1, 0.15) is 11.5 Å². The molecule has 0 aliphatic heterocycles. The molecule has 0 fully saturated rings. The Hall–Kier alpha value is -2.15. The van der Waals surface area contributed by atoms with Gasteiger partial charge in [0, 0.05) is 0 Å². The summed E-state index contributed by atoms with van der Waals surface area (Å²) >= 11 is 19.0. The summed E-state index contributed by atoms with van der Waals surface area (Å²) in [6, 6.07) is 10.0. The van der Waals surface area contributed by atoms with E-state index >= 15 is 0 Å². The second-order valence-corrected chi connectivity index (χ2v) is 8.75. The molecule has 0 radical (unpaired) electrons. The Labute approximate surface area is 182 Å². The monoisotopic (exact) mass is 460 g/mol. The van der Waals surface area contributed by atoms with Crippen LogP contribution in [0.25, 0.3) is 0 Å². The summed E-state index contributed by atoms with van der Waals surface area (Å²) in [6.45, 7) is 2.66. The standard InChI is InChI=1S/C20H19Cl3O6/c1-11-3-5-13(28-9-17(24)25)7-15(11)19(20(21,22)23)16-8-14(6-4-12(16)2)29-10-18(26)27/h3-8,19H,9-10H2,1-2H3,(H,24,25)(H,26,27). The van der Waals surface area contributed by atoms with E-state index in [9.17, 15) is 9.59 Å². The summed E-state index contributed by atoms with van der Waals surface area (Å²) in [6.07, 6.45) is 0. The highest BCUT2D eigenvalue weighted by molar-refractivity contribution is 6.68. The zero-order valence-electron chi connectivity index (χ0n) is 15.6. The van der Waals surface area contributed by atoms with Gasteiger partial charge in [0.05, 0.1) is 5.92 Å². The van der Waals surface area contributed by atoms with Crippen LogP contribution in [0.15, 0.2) is 36.4 Å².